The standard InChI is InChI=1S/C8H11NS/c1-5-2-3-10-8(5)6-4-7(6)9/h2-3,6-7H,4,9H2,1H3. The van der Waals surface area contributed by atoms with Gasteiger partial charge < -0.3 is 5.73 Å². The summed E-state index contributed by atoms with van der Waals surface area (Å²) in [6.45, 7) is 2.16. The third-order valence-electron chi connectivity index (χ3n) is 2.08. The monoisotopic (exact) mass is 153 g/mol. The van der Waals surface area contributed by atoms with Gasteiger partial charge in [-0.3, -0.25) is 0 Å². The number of hydrogen-bond donors (Lipinski definition) is 1. The molecule has 1 aromatic heterocycles. The molecule has 1 fully saturated rings. The Morgan fingerprint density at radius 1 is 1.70 bits per heavy atom. The molecule has 0 aromatic carbocycles. The van der Waals surface area contributed by atoms with Crippen LogP contribution in [0.4, 0.5) is 0 Å². The van der Waals surface area contributed by atoms with E-state index < -0.39 is 0 Å². The first-order chi connectivity index (χ1) is 4.79. The molecule has 0 aliphatic heterocycles. The Morgan fingerprint density at radius 2 is 2.40 bits per heavy atom. The van der Waals surface area contributed by atoms with Crippen LogP contribution in [-0.2, 0) is 0 Å². The summed E-state index contributed by atoms with van der Waals surface area (Å²) < 4.78 is 0. The van der Waals surface area contributed by atoms with Crippen molar-refractivity contribution in [3.63, 3.8) is 0 Å². The molecule has 2 unspecified atom stereocenters. The Balaban J connectivity index is 2.26. The normalized spacial score (nSPS) is 30.6. The number of hydrogen-bond acceptors (Lipinski definition) is 2. The van der Waals surface area contributed by atoms with E-state index in [0.717, 1.165) is 0 Å². The lowest BCUT2D eigenvalue weighted by atomic mass is 10.2. The molecule has 2 heteroatoms. The molecule has 2 rings (SSSR count). The summed E-state index contributed by atoms with van der Waals surface area (Å²) in [6.07, 6.45) is 1.20. The zero-order valence-electron chi connectivity index (χ0n) is 6.00. The van der Waals surface area contributed by atoms with Crippen LogP contribution >= 0.6 is 11.3 Å². The summed E-state index contributed by atoms with van der Waals surface area (Å²) >= 11 is 1.84. The van der Waals surface area contributed by atoms with Gasteiger partial charge in [-0.1, -0.05) is 0 Å². The van der Waals surface area contributed by atoms with Gasteiger partial charge in [-0.2, -0.15) is 0 Å². The second-order valence-corrected chi connectivity index (χ2v) is 3.92. The Hall–Kier alpha value is -0.340. The number of rotatable bonds is 1. The highest BCUT2D eigenvalue weighted by Crippen LogP contribution is 2.42. The molecule has 10 heavy (non-hydrogen) atoms. The minimum absolute atomic E-state index is 0.456. The smallest absolute Gasteiger partial charge is 0.0123 e. The molecule has 2 atom stereocenters. The van der Waals surface area contributed by atoms with E-state index in [2.05, 4.69) is 18.4 Å². The summed E-state index contributed by atoms with van der Waals surface area (Å²) in [5, 5.41) is 2.15. The molecule has 0 bridgehead atoms. The third-order valence-corrected chi connectivity index (χ3v) is 3.23. The molecular weight excluding hydrogens is 142 g/mol. The highest BCUT2D eigenvalue weighted by atomic mass is 32.1. The fourth-order valence-electron chi connectivity index (χ4n) is 1.28. The first kappa shape index (κ1) is 6.38. The van der Waals surface area contributed by atoms with E-state index in [9.17, 15) is 0 Å². The van der Waals surface area contributed by atoms with Crippen molar-refractivity contribution in [2.75, 3.05) is 0 Å². The average Bonchev–Trinajstić information content (AvgIpc) is 2.42. The second-order valence-electron chi connectivity index (χ2n) is 2.97. The van der Waals surface area contributed by atoms with Gasteiger partial charge in [0.15, 0.2) is 0 Å². The highest BCUT2D eigenvalue weighted by molar-refractivity contribution is 7.10. The SMILES string of the molecule is Cc1ccsc1C1CC1N. The lowest BCUT2D eigenvalue weighted by molar-refractivity contribution is 1.000. The Labute approximate surface area is 64.9 Å². The van der Waals surface area contributed by atoms with Crippen LogP contribution in [0, 0.1) is 6.92 Å². The van der Waals surface area contributed by atoms with Gasteiger partial charge in [0.1, 0.15) is 0 Å². The Morgan fingerprint density at radius 3 is 2.80 bits per heavy atom. The van der Waals surface area contributed by atoms with Crippen molar-refractivity contribution >= 4 is 11.3 Å². The van der Waals surface area contributed by atoms with E-state index in [1.165, 1.54) is 16.9 Å². The van der Waals surface area contributed by atoms with Gasteiger partial charge in [0.05, 0.1) is 0 Å². The summed E-state index contributed by atoms with van der Waals surface area (Å²) in [5.41, 5.74) is 7.15. The molecule has 1 aliphatic rings. The minimum Gasteiger partial charge on any atom is -0.327 e. The van der Waals surface area contributed by atoms with Crippen molar-refractivity contribution in [2.45, 2.75) is 25.3 Å². The molecule has 0 radical (unpaired) electrons. The molecule has 54 valence electrons. The molecule has 1 aromatic rings. The summed E-state index contributed by atoms with van der Waals surface area (Å²) in [7, 11) is 0. The van der Waals surface area contributed by atoms with Crippen molar-refractivity contribution in [2.24, 2.45) is 5.73 Å². The van der Waals surface area contributed by atoms with Crippen molar-refractivity contribution in [1.29, 1.82) is 0 Å². The van der Waals surface area contributed by atoms with Crippen LogP contribution in [0.15, 0.2) is 11.4 Å². The maximum Gasteiger partial charge on any atom is 0.0123 e. The van der Waals surface area contributed by atoms with Gasteiger partial charge in [-0.25, -0.2) is 0 Å². The second kappa shape index (κ2) is 2.07. The van der Waals surface area contributed by atoms with Crippen LogP contribution in [0.1, 0.15) is 22.8 Å². The number of thiophene rings is 1. The molecule has 0 spiro atoms. The molecule has 1 aliphatic carbocycles. The first-order valence-electron chi connectivity index (χ1n) is 3.58. The van der Waals surface area contributed by atoms with Crippen LogP contribution in [-0.4, -0.2) is 6.04 Å². The molecule has 1 heterocycles. The van der Waals surface area contributed by atoms with Gasteiger partial charge in [0, 0.05) is 16.8 Å². The van der Waals surface area contributed by atoms with E-state index >= 15 is 0 Å². The molecule has 1 saturated carbocycles. The van der Waals surface area contributed by atoms with Gasteiger partial charge in [0.25, 0.3) is 0 Å². The third kappa shape index (κ3) is 0.879. The molecule has 0 saturated heterocycles. The highest BCUT2D eigenvalue weighted by Gasteiger charge is 2.36. The van der Waals surface area contributed by atoms with Crippen LogP contribution in [0.2, 0.25) is 0 Å². The van der Waals surface area contributed by atoms with E-state index in [1.54, 1.807) is 0 Å². The van der Waals surface area contributed by atoms with Gasteiger partial charge in [-0.15, -0.1) is 11.3 Å². The molecular formula is C8H11NS. The molecule has 2 N–H and O–H groups in total. The Bertz CT molecular complexity index is 241. The Kier molecular flexibility index (Phi) is 1.32. The van der Waals surface area contributed by atoms with E-state index in [4.69, 9.17) is 5.73 Å². The van der Waals surface area contributed by atoms with Gasteiger partial charge in [0.2, 0.25) is 0 Å². The van der Waals surface area contributed by atoms with Crippen molar-refractivity contribution in [1.82, 2.24) is 0 Å². The molecule has 1 nitrogen and oxygen atoms in total. The summed E-state index contributed by atoms with van der Waals surface area (Å²) in [4.78, 5) is 1.51. The lowest BCUT2D eigenvalue weighted by Gasteiger charge is -1.92. The first-order valence-corrected chi connectivity index (χ1v) is 4.46. The van der Waals surface area contributed by atoms with E-state index in [1.807, 2.05) is 11.3 Å². The van der Waals surface area contributed by atoms with Crippen molar-refractivity contribution in [3.05, 3.63) is 21.9 Å². The number of aryl methyl sites for hydroxylation is 1. The summed E-state index contributed by atoms with van der Waals surface area (Å²) in [6, 6.07) is 2.63. The topological polar surface area (TPSA) is 26.0 Å². The van der Waals surface area contributed by atoms with E-state index in [0.29, 0.717) is 12.0 Å². The zero-order valence-corrected chi connectivity index (χ0v) is 6.82. The van der Waals surface area contributed by atoms with Crippen molar-refractivity contribution < 1.29 is 0 Å². The van der Waals surface area contributed by atoms with Gasteiger partial charge >= 0.3 is 0 Å². The summed E-state index contributed by atoms with van der Waals surface area (Å²) in [5.74, 6) is 0.694. The van der Waals surface area contributed by atoms with Crippen LogP contribution in [0.25, 0.3) is 0 Å². The van der Waals surface area contributed by atoms with Crippen LogP contribution in [0.3, 0.4) is 0 Å². The maximum atomic E-state index is 5.73. The predicted octanol–water partition coefficient (Wildman–Crippen LogP) is 1.87. The fraction of sp³-hybridized carbons (Fsp3) is 0.500. The lowest BCUT2D eigenvalue weighted by Crippen LogP contribution is -2.00. The predicted molar refractivity (Wildman–Crippen MR) is 44.4 cm³/mol. The quantitative estimate of drug-likeness (QED) is 0.655. The van der Waals surface area contributed by atoms with Crippen LogP contribution < -0.4 is 5.73 Å². The zero-order chi connectivity index (χ0) is 7.14. The molecule has 0 amide bonds. The largest absolute Gasteiger partial charge is 0.327 e. The maximum absolute atomic E-state index is 5.73. The van der Waals surface area contributed by atoms with Gasteiger partial charge in [-0.05, 0) is 30.4 Å². The van der Waals surface area contributed by atoms with E-state index in [-0.39, 0.29) is 0 Å². The van der Waals surface area contributed by atoms with Crippen LogP contribution in [0.5, 0.6) is 0 Å². The van der Waals surface area contributed by atoms with Crippen molar-refractivity contribution in [3.8, 4) is 0 Å². The average molecular weight is 153 g/mol. The number of nitrogens with two attached hydrogens (primary N) is 1. The fourth-order valence-corrected chi connectivity index (χ4v) is 2.40. The minimum atomic E-state index is 0.456.